The van der Waals surface area contributed by atoms with Crippen LogP contribution in [0.4, 0.5) is 0 Å². The van der Waals surface area contributed by atoms with E-state index in [2.05, 4.69) is 19.6 Å². The van der Waals surface area contributed by atoms with Crippen LogP contribution in [0.5, 0.6) is 0 Å². The zero-order valence-corrected chi connectivity index (χ0v) is 21.1. The van der Waals surface area contributed by atoms with E-state index in [1.807, 2.05) is 0 Å². The summed E-state index contributed by atoms with van der Waals surface area (Å²) in [5, 5.41) is 0. The first-order valence-electron chi connectivity index (χ1n) is 12.0. The molecule has 0 radical (unpaired) electrons. The molecule has 3 saturated carbocycles. The van der Waals surface area contributed by atoms with Crippen LogP contribution in [0.3, 0.4) is 0 Å². The third-order valence-corrected chi connectivity index (χ3v) is 23.1. The summed E-state index contributed by atoms with van der Waals surface area (Å²) in [7, 11) is -6.53. The molecule has 0 aromatic heterocycles. The molecule has 4 aliphatic rings. The second-order valence-corrected chi connectivity index (χ2v) is 21.6. The van der Waals surface area contributed by atoms with Gasteiger partial charge < -0.3 is 12.3 Å². The van der Waals surface area contributed by atoms with E-state index in [1.54, 1.807) is 0 Å². The van der Waals surface area contributed by atoms with Crippen LogP contribution in [0, 0.1) is 0 Å². The molecule has 0 aromatic rings. The minimum absolute atomic E-state index is 0.709. The molecule has 1 atom stereocenters. The first-order chi connectivity index (χ1) is 12.9. The van der Waals surface area contributed by atoms with E-state index < -0.39 is 25.7 Å². The Bertz CT molecular complexity index is 479. The van der Waals surface area contributed by atoms with Gasteiger partial charge in [-0.3, -0.25) is 0 Å². The van der Waals surface area contributed by atoms with Crippen molar-refractivity contribution < 1.29 is 12.3 Å². The van der Waals surface area contributed by atoms with Crippen LogP contribution in [-0.2, 0) is 12.3 Å². The Morgan fingerprint density at radius 2 is 0.889 bits per heavy atom. The van der Waals surface area contributed by atoms with Gasteiger partial charge in [0, 0.05) is 16.6 Å². The van der Waals surface area contributed by atoms with Crippen molar-refractivity contribution in [2.45, 2.75) is 133 Å². The normalized spacial score (nSPS) is 36.6. The van der Waals surface area contributed by atoms with E-state index in [0.717, 1.165) is 11.1 Å². The molecule has 1 aliphatic heterocycles. The summed E-state index contributed by atoms with van der Waals surface area (Å²) >= 11 is 0. The minimum Gasteiger partial charge on any atom is -0.416 e. The first-order valence-corrected chi connectivity index (χ1v) is 19.2. The molecule has 0 bridgehead atoms. The van der Waals surface area contributed by atoms with Crippen molar-refractivity contribution in [2.24, 2.45) is 0 Å². The molecule has 1 unspecified atom stereocenters. The Labute approximate surface area is 170 Å². The van der Waals surface area contributed by atoms with Gasteiger partial charge in [-0.05, 0) is 58.2 Å². The highest BCUT2D eigenvalue weighted by Crippen LogP contribution is 2.55. The highest BCUT2D eigenvalue weighted by Gasteiger charge is 2.64. The molecule has 0 N–H and O–H groups in total. The van der Waals surface area contributed by atoms with Crippen LogP contribution >= 0.6 is 0 Å². The van der Waals surface area contributed by atoms with E-state index in [0.29, 0.717) is 5.54 Å². The fourth-order valence-corrected chi connectivity index (χ4v) is 26.4. The Balaban J connectivity index is 1.68. The molecule has 0 aromatic carbocycles. The Morgan fingerprint density at radius 3 is 1.33 bits per heavy atom. The van der Waals surface area contributed by atoms with Gasteiger partial charge in [0.15, 0.2) is 0 Å². The Hall–Kier alpha value is 0.531. The topological polar surface area (TPSA) is 27.7 Å². The van der Waals surface area contributed by atoms with Crippen molar-refractivity contribution in [3.05, 3.63) is 0 Å². The van der Waals surface area contributed by atoms with Crippen LogP contribution in [0.25, 0.3) is 0 Å². The Morgan fingerprint density at radius 1 is 0.481 bits per heavy atom. The fourth-order valence-electron chi connectivity index (χ4n) is 6.72. The van der Waals surface area contributed by atoms with Gasteiger partial charge in [0.1, 0.15) is 0 Å². The average Bonchev–Trinajstić information content (AvgIpc) is 2.68. The first kappa shape index (κ1) is 20.8. The maximum absolute atomic E-state index is 7.48. The zero-order chi connectivity index (χ0) is 19.0. The molecule has 3 nitrogen and oxygen atoms in total. The predicted octanol–water partition coefficient (Wildman–Crippen LogP) is 7.27. The van der Waals surface area contributed by atoms with Crippen LogP contribution in [0.1, 0.15) is 96.3 Å². The lowest BCUT2D eigenvalue weighted by Crippen LogP contribution is -2.72. The third-order valence-electron chi connectivity index (χ3n) is 7.91. The number of hydrogen-bond acceptors (Lipinski definition) is 3. The van der Waals surface area contributed by atoms with E-state index in [9.17, 15) is 0 Å². The van der Waals surface area contributed by atoms with Gasteiger partial charge >= 0.3 is 25.7 Å². The molecule has 0 spiro atoms. The predicted molar refractivity (Wildman–Crippen MR) is 119 cm³/mol. The molecule has 156 valence electrons. The summed E-state index contributed by atoms with van der Waals surface area (Å²) in [6, 6.07) is 0. The van der Waals surface area contributed by atoms with Crippen LogP contribution in [0.2, 0.25) is 36.3 Å². The van der Waals surface area contributed by atoms with Crippen molar-refractivity contribution in [1.82, 2.24) is 0 Å². The summed E-state index contributed by atoms with van der Waals surface area (Å²) < 4.78 is 21.6. The molecule has 6 heteroatoms. The third kappa shape index (κ3) is 4.36. The van der Waals surface area contributed by atoms with Gasteiger partial charge in [0.25, 0.3) is 0 Å². The van der Waals surface area contributed by atoms with E-state index in [-0.39, 0.29) is 0 Å². The maximum atomic E-state index is 7.48. The monoisotopic (exact) mass is 426 g/mol. The van der Waals surface area contributed by atoms with Gasteiger partial charge in [0.2, 0.25) is 0 Å². The molecule has 4 rings (SSSR count). The number of hydrogen-bond donors (Lipinski definition) is 0. The summed E-state index contributed by atoms with van der Waals surface area (Å²) in [6.45, 7) is 7.14. The lowest BCUT2D eigenvalue weighted by Gasteiger charge is -2.58. The van der Waals surface area contributed by atoms with Crippen molar-refractivity contribution in [1.29, 1.82) is 0 Å². The SMILES string of the molecule is C[Si]1(C)O[Si](C)(C2CCCCC2)O[Si](C2CCCCC2)(C2CCCCC2)O1. The van der Waals surface area contributed by atoms with E-state index in [1.165, 1.54) is 96.3 Å². The molecule has 3 aliphatic carbocycles. The lowest BCUT2D eigenvalue weighted by molar-refractivity contribution is 0.176. The van der Waals surface area contributed by atoms with Gasteiger partial charge in [-0.2, -0.15) is 0 Å². The van der Waals surface area contributed by atoms with Gasteiger partial charge in [-0.25, -0.2) is 0 Å². The zero-order valence-electron chi connectivity index (χ0n) is 18.1. The highest BCUT2D eigenvalue weighted by atomic mass is 28.5. The lowest BCUT2D eigenvalue weighted by atomic mass is 9.99. The van der Waals surface area contributed by atoms with E-state index in [4.69, 9.17) is 12.3 Å². The quantitative estimate of drug-likeness (QED) is 0.444. The minimum atomic E-state index is -2.24. The van der Waals surface area contributed by atoms with Crippen molar-refractivity contribution in [3.63, 3.8) is 0 Å². The smallest absolute Gasteiger partial charge is 0.327 e. The molecular formula is C21H42O3Si3. The van der Waals surface area contributed by atoms with Gasteiger partial charge in [-0.1, -0.05) is 57.8 Å². The molecule has 4 fully saturated rings. The molecule has 1 heterocycles. The largest absolute Gasteiger partial charge is 0.416 e. The fraction of sp³-hybridized carbons (Fsp3) is 1.00. The van der Waals surface area contributed by atoms with Crippen LogP contribution < -0.4 is 0 Å². The molecule has 0 amide bonds. The van der Waals surface area contributed by atoms with Gasteiger partial charge in [-0.15, -0.1) is 0 Å². The second kappa shape index (κ2) is 8.34. The standard InChI is InChI=1S/C21H42O3Si3/c1-25(2)22-26(3,19-13-7-4-8-14-19)24-27(23-25,20-15-9-5-10-16-20)21-17-11-6-12-18-21/h19-21H,4-18H2,1-3H3. The summed E-state index contributed by atoms with van der Waals surface area (Å²) in [5.74, 6) is 0. The van der Waals surface area contributed by atoms with Crippen molar-refractivity contribution in [2.75, 3.05) is 0 Å². The van der Waals surface area contributed by atoms with Gasteiger partial charge in [0.05, 0.1) is 0 Å². The molecule has 1 saturated heterocycles. The summed E-state index contributed by atoms with van der Waals surface area (Å²) in [6.07, 6.45) is 20.7. The molecular weight excluding hydrogens is 384 g/mol. The molecule has 27 heavy (non-hydrogen) atoms. The highest BCUT2D eigenvalue weighted by molar-refractivity contribution is 6.95. The maximum Gasteiger partial charge on any atom is 0.327 e. The second-order valence-electron chi connectivity index (χ2n) is 10.4. The van der Waals surface area contributed by atoms with Crippen molar-refractivity contribution in [3.8, 4) is 0 Å². The summed E-state index contributed by atoms with van der Waals surface area (Å²) in [4.78, 5) is 0. The summed E-state index contributed by atoms with van der Waals surface area (Å²) in [5.41, 5.74) is 2.18. The van der Waals surface area contributed by atoms with Crippen molar-refractivity contribution >= 4 is 25.7 Å². The number of rotatable bonds is 3. The van der Waals surface area contributed by atoms with E-state index >= 15 is 0 Å². The van der Waals surface area contributed by atoms with Crippen LogP contribution in [-0.4, -0.2) is 25.7 Å². The average molecular weight is 427 g/mol. The Kier molecular flexibility index (Phi) is 6.42. The van der Waals surface area contributed by atoms with Crippen LogP contribution in [0.15, 0.2) is 0 Å².